The van der Waals surface area contributed by atoms with E-state index in [9.17, 15) is 4.79 Å². The minimum atomic E-state index is -0.369. The first-order valence-electron chi connectivity index (χ1n) is 6.47. The number of nitrogens with two attached hydrogens (primary N) is 1. The topological polar surface area (TPSA) is 46.3 Å². The molecule has 1 aliphatic rings. The number of carbonyl (C=O) groups excluding carboxylic acids is 1. The molecule has 3 nitrogen and oxygen atoms in total. The van der Waals surface area contributed by atoms with Crippen LogP contribution in [0.15, 0.2) is 0 Å². The van der Waals surface area contributed by atoms with Crippen molar-refractivity contribution in [2.24, 2.45) is 11.1 Å². The molecule has 1 unspecified atom stereocenters. The summed E-state index contributed by atoms with van der Waals surface area (Å²) in [6.45, 7) is 7.87. The SMILES string of the molecule is CC(C)(C)C(N)C(=O)N1CCCCCCC1. The van der Waals surface area contributed by atoms with Crippen LogP contribution in [-0.4, -0.2) is 29.9 Å². The van der Waals surface area contributed by atoms with Gasteiger partial charge in [0.05, 0.1) is 6.04 Å². The summed E-state index contributed by atoms with van der Waals surface area (Å²) in [6.07, 6.45) is 6.06. The zero-order valence-corrected chi connectivity index (χ0v) is 11.0. The molecule has 1 amide bonds. The molecule has 1 heterocycles. The number of nitrogens with zero attached hydrogens (tertiary/aromatic N) is 1. The first-order valence-corrected chi connectivity index (χ1v) is 6.47. The Hall–Kier alpha value is -0.570. The van der Waals surface area contributed by atoms with Gasteiger partial charge in [-0.3, -0.25) is 4.79 Å². The summed E-state index contributed by atoms with van der Waals surface area (Å²) >= 11 is 0. The smallest absolute Gasteiger partial charge is 0.240 e. The van der Waals surface area contributed by atoms with Gasteiger partial charge in [-0.05, 0) is 18.3 Å². The fraction of sp³-hybridized carbons (Fsp3) is 0.923. The van der Waals surface area contributed by atoms with Gasteiger partial charge in [0.15, 0.2) is 0 Å². The van der Waals surface area contributed by atoms with E-state index in [0.717, 1.165) is 25.9 Å². The van der Waals surface area contributed by atoms with Crippen molar-refractivity contribution in [3.63, 3.8) is 0 Å². The van der Waals surface area contributed by atoms with Gasteiger partial charge in [-0.15, -0.1) is 0 Å². The molecule has 1 atom stereocenters. The predicted molar refractivity (Wildman–Crippen MR) is 67.1 cm³/mol. The Kier molecular flexibility index (Phi) is 4.78. The van der Waals surface area contributed by atoms with Gasteiger partial charge < -0.3 is 10.6 Å². The van der Waals surface area contributed by atoms with Crippen LogP contribution in [0.1, 0.15) is 52.9 Å². The molecule has 0 radical (unpaired) electrons. The maximum Gasteiger partial charge on any atom is 0.240 e. The highest BCUT2D eigenvalue weighted by atomic mass is 16.2. The second-order valence-corrected chi connectivity index (χ2v) is 5.94. The van der Waals surface area contributed by atoms with E-state index < -0.39 is 0 Å². The van der Waals surface area contributed by atoms with E-state index >= 15 is 0 Å². The Bertz CT molecular complexity index is 225. The van der Waals surface area contributed by atoms with E-state index in [2.05, 4.69) is 0 Å². The molecule has 2 N–H and O–H groups in total. The molecule has 0 saturated carbocycles. The molecule has 0 aromatic heterocycles. The Morgan fingerprint density at radius 2 is 1.50 bits per heavy atom. The monoisotopic (exact) mass is 226 g/mol. The van der Waals surface area contributed by atoms with Crippen molar-refractivity contribution in [2.45, 2.75) is 58.9 Å². The van der Waals surface area contributed by atoms with Crippen molar-refractivity contribution in [3.8, 4) is 0 Å². The van der Waals surface area contributed by atoms with E-state index in [1.165, 1.54) is 19.3 Å². The number of amides is 1. The van der Waals surface area contributed by atoms with Crippen LogP contribution in [0.2, 0.25) is 0 Å². The fourth-order valence-corrected chi connectivity index (χ4v) is 2.03. The van der Waals surface area contributed by atoms with Gasteiger partial charge in [0.2, 0.25) is 5.91 Å². The van der Waals surface area contributed by atoms with E-state index in [4.69, 9.17) is 5.73 Å². The van der Waals surface area contributed by atoms with Crippen molar-refractivity contribution in [1.29, 1.82) is 0 Å². The molecule has 16 heavy (non-hydrogen) atoms. The lowest BCUT2D eigenvalue weighted by Gasteiger charge is -2.33. The minimum Gasteiger partial charge on any atom is -0.341 e. The van der Waals surface area contributed by atoms with E-state index in [-0.39, 0.29) is 17.4 Å². The van der Waals surface area contributed by atoms with Gasteiger partial charge in [0.1, 0.15) is 0 Å². The molecule has 0 aromatic carbocycles. The van der Waals surface area contributed by atoms with E-state index in [1.807, 2.05) is 25.7 Å². The zero-order valence-electron chi connectivity index (χ0n) is 11.0. The number of hydrogen-bond donors (Lipinski definition) is 1. The quantitative estimate of drug-likeness (QED) is 0.744. The Morgan fingerprint density at radius 1 is 1.06 bits per heavy atom. The number of hydrogen-bond acceptors (Lipinski definition) is 2. The second-order valence-electron chi connectivity index (χ2n) is 5.94. The Labute approximate surface area is 99.4 Å². The van der Waals surface area contributed by atoms with Gasteiger partial charge in [0.25, 0.3) is 0 Å². The molecule has 1 saturated heterocycles. The third-order valence-corrected chi connectivity index (χ3v) is 3.37. The Morgan fingerprint density at radius 3 is 1.94 bits per heavy atom. The first kappa shape index (κ1) is 13.5. The highest BCUT2D eigenvalue weighted by Crippen LogP contribution is 2.20. The summed E-state index contributed by atoms with van der Waals surface area (Å²) < 4.78 is 0. The lowest BCUT2D eigenvalue weighted by Crippen LogP contribution is -2.51. The summed E-state index contributed by atoms with van der Waals surface area (Å²) in [5.74, 6) is 0.134. The predicted octanol–water partition coefficient (Wildman–Crippen LogP) is 2.15. The molecule has 0 bridgehead atoms. The summed E-state index contributed by atoms with van der Waals surface area (Å²) in [5.41, 5.74) is 5.88. The molecule has 0 aliphatic carbocycles. The molecule has 0 aromatic rings. The van der Waals surface area contributed by atoms with Gasteiger partial charge >= 0.3 is 0 Å². The van der Waals surface area contributed by atoms with E-state index in [0.29, 0.717) is 0 Å². The lowest BCUT2D eigenvalue weighted by molar-refractivity contribution is -0.135. The van der Waals surface area contributed by atoms with Crippen LogP contribution in [0.3, 0.4) is 0 Å². The summed E-state index contributed by atoms with van der Waals surface area (Å²) in [4.78, 5) is 14.2. The molecular formula is C13H26N2O. The van der Waals surface area contributed by atoms with Gasteiger partial charge in [-0.25, -0.2) is 0 Å². The average Bonchev–Trinajstić information content (AvgIpc) is 2.13. The fourth-order valence-electron chi connectivity index (χ4n) is 2.03. The van der Waals surface area contributed by atoms with Crippen molar-refractivity contribution < 1.29 is 4.79 Å². The highest BCUT2D eigenvalue weighted by Gasteiger charge is 2.30. The molecule has 3 heteroatoms. The first-order chi connectivity index (χ1) is 7.43. The van der Waals surface area contributed by atoms with Crippen LogP contribution in [-0.2, 0) is 4.79 Å². The summed E-state index contributed by atoms with van der Waals surface area (Å²) in [5, 5.41) is 0. The van der Waals surface area contributed by atoms with Crippen molar-refractivity contribution in [2.75, 3.05) is 13.1 Å². The Balaban J connectivity index is 2.56. The summed E-state index contributed by atoms with van der Waals surface area (Å²) in [7, 11) is 0. The van der Waals surface area contributed by atoms with Crippen LogP contribution in [0, 0.1) is 5.41 Å². The standard InChI is InChI=1S/C13H26N2O/c1-13(2,3)11(14)12(16)15-9-7-5-4-6-8-10-15/h11H,4-10,14H2,1-3H3. The normalized spacial score (nSPS) is 21.1. The van der Waals surface area contributed by atoms with Crippen molar-refractivity contribution >= 4 is 5.91 Å². The van der Waals surface area contributed by atoms with Gasteiger partial charge in [-0.2, -0.15) is 0 Å². The number of likely N-dealkylation sites (tertiary alicyclic amines) is 1. The molecular weight excluding hydrogens is 200 g/mol. The summed E-state index contributed by atoms with van der Waals surface area (Å²) in [6, 6.07) is -0.369. The minimum absolute atomic E-state index is 0.134. The molecule has 1 fully saturated rings. The number of rotatable bonds is 1. The zero-order chi connectivity index (χ0) is 12.2. The molecule has 1 aliphatic heterocycles. The van der Waals surface area contributed by atoms with Crippen LogP contribution in [0.25, 0.3) is 0 Å². The molecule has 0 spiro atoms. The number of carbonyl (C=O) groups is 1. The highest BCUT2D eigenvalue weighted by molar-refractivity contribution is 5.82. The van der Waals surface area contributed by atoms with Gasteiger partial charge in [0, 0.05) is 13.1 Å². The van der Waals surface area contributed by atoms with E-state index in [1.54, 1.807) is 0 Å². The molecule has 94 valence electrons. The van der Waals surface area contributed by atoms with Crippen LogP contribution < -0.4 is 5.73 Å². The molecule has 1 rings (SSSR count). The largest absolute Gasteiger partial charge is 0.341 e. The maximum absolute atomic E-state index is 12.2. The third kappa shape index (κ3) is 3.78. The third-order valence-electron chi connectivity index (χ3n) is 3.37. The second kappa shape index (κ2) is 5.67. The van der Waals surface area contributed by atoms with Crippen molar-refractivity contribution in [1.82, 2.24) is 4.90 Å². The average molecular weight is 226 g/mol. The van der Waals surface area contributed by atoms with Crippen LogP contribution in [0.5, 0.6) is 0 Å². The lowest BCUT2D eigenvalue weighted by atomic mass is 9.86. The van der Waals surface area contributed by atoms with Crippen molar-refractivity contribution in [3.05, 3.63) is 0 Å². The van der Waals surface area contributed by atoms with Crippen LogP contribution >= 0.6 is 0 Å². The van der Waals surface area contributed by atoms with Crippen LogP contribution in [0.4, 0.5) is 0 Å². The maximum atomic E-state index is 12.2. The van der Waals surface area contributed by atoms with Gasteiger partial charge in [-0.1, -0.05) is 40.0 Å².